The van der Waals surface area contributed by atoms with Crippen LogP contribution < -0.4 is 5.32 Å². The van der Waals surface area contributed by atoms with Crippen molar-refractivity contribution in [1.29, 1.82) is 0 Å². The van der Waals surface area contributed by atoms with E-state index in [4.69, 9.17) is 9.84 Å². The smallest absolute Gasteiger partial charge is 0.326 e. The molecule has 2 N–H and O–H groups in total. The summed E-state index contributed by atoms with van der Waals surface area (Å²) in [6.07, 6.45) is 1.62. The highest BCUT2D eigenvalue weighted by Crippen LogP contribution is 2.21. The van der Waals surface area contributed by atoms with Crippen molar-refractivity contribution in [2.75, 3.05) is 13.2 Å². The second kappa shape index (κ2) is 5.49. The molecule has 1 unspecified atom stereocenters. The van der Waals surface area contributed by atoms with Gasteiger partial charge in [-0.05, 0) is 18.3 Å². The number of hydrogen-bond acceptors (Lipinski definition) is 3. The largest absolute Gasteiger partial charge is 0.480 e. The molecule has 1 saturated heterocycles. The van der Waals surface area contributed by atoms with E-state index in [-0.39, 0.29) is 11.8 Å². The highest BCUT2D eigenvalue weighted by atomic mass is 16.5. The average molecular weight is 243 g/mol. The fourth-order valence-electron chi connectivity index (χ4n) is 1.86. The maximum Gasteiger partial charge on any atom is 0.326 e. The SMILES string of the molecule is CC(C)(C)[C@H](NC(=O)C1CCCOC1)C(=O)O. The number of rotatable bonds is 3. The Bertz CT molecular complexity index is 289. The molecule has 1 aliphatic rings. The lowest BCUT2D eigenvalue weighted by Gasteiger charge is -2.30. The molecule has 1 rings (SSSR count). The second-order valence-corrected chi connectivity index (χ2v) is 5.56. The first kappa shape index (κ1) is 14.0. The van der Waals surface area contributed by atoms with Crippen molar-refractivity contribution in [2.45, 2.75) is 39.7 Å². The number of nitrogens with one attached hydrogen (secondary N) is 1. The van der Waals surface area contributed by atoms with Gasteiger partial charge in [-0.3, -0.25) is 4.79 Å². The molecule has 0 spiro atoms. The van der Waals surface area contributed by atoms with Gasteiger partial charge in [-0.1, -0.05) is 20.8 Å². The van der Waals surface area contributed by atoms with Gasteiger partial charge in [0.1, 0.15) is 6.04 Å². The lowest BCUT2D eigenvalue weighted by molar-refractivity contribution is -0.146. The topological polar surface area (TPSA) is 75.6 Å². The Morgan fingerprint density at radius 1 is 1.41 bits per heavy atom. The van der Waals surface area contributed by atoms with Gasteiger partial charge >= 0.3 is 5.97 Å². The molecule has 1 heterocycles. The van der Waals surface area contributed by atoms with Crippen LogP contribution >= 0.6 is 0 Å². The van der Waals surface area contributed by atoms with Gasteiger partial charge in [-0.25, -0.2) is 4.79 Å². The van der Waals surface area contributed by atoms with Crippen molar-refractivity contribution in [2.24, 2.45) is 11.3 Å². The number of ether oxygens (including phenoxy) is 1. The number of aliphatic carboxylic acids is 1. The zero-order valence-corrected chi connectivity index (χ0v) is 10.7. The predicted octanol–water partition coefficient (Wildman–Crippen LogP) is 1.03. The first-order valence-corrected chi connectivity index (χ1v) is 5.93. The molecule has 0 bridgehead atoms. The van der Waals surface area contributed by atoms with Crippen LogP contribution in [0.2, 0.25) is 0 Å². The van der Waals surface area contributed by atoms with E-state index in [1.165, 1.54) is 0 Å². The molecule has 0 aromatic rings. The van der Waals surface area contributed by atoms with Gasteiger partial charge in [-0.2, -0.15) is 0 Å². The Balaban J connectivity index is 2.60. The molecular weight excluding hydrogens is 222 g/mol. The Hall–Kier alpha value is -1.10. The van der Waals surface area contributed by atoms with Crippen LogP contribution in [0, 0.1) is 11.3 Å². The summed E-state index contributed by atoms with van der Waals surface area (Å²) in [5, 5.41) is 11.7. The molecule has 0 aromatic carbocycles. The molecule has 1 aliphatic heterocycles. The minimum Gasteiger partial charge on any atom is -0.480 e. The summed E-state index contributed by atoms with van der Waals surface area (Å²) >= 11 is 0. The number of hydrogen-bond donors (Lipinski definition) is 2. The van der Waals surface area contributed by atoms with Crippen molar-refractivity contribution in [3.05, 3.63) is 0 Å². The van der Waals surface area contributed by atoms with E-state index < -0.39 is 17.4 Å². The molecule has 0 aliphatic carbocycles. The van der Waals surface area contributed by atoms with Crippen molar-refractivity contribution in [1.82, 2.24) is 5.32 Å². The Kier molecular flexibility index (Phi) is 4.51. The highest BCUT2D eigenvalue weighted by molar-refractivity contribution is 5.85. The first-order valence-electron chi connectivity index (χ1n) is 5.93. The van der Waals surface area contributed by atoms with Crippen LogP contribution in [0.4, 0.5) is 0 Å². The van der Waals surface area contributed by atoms with E-state index in [0.717, 1.165) is 12.8 Å². The molecule has 0 saturated carbocycles. The number of carbonyl (C=O) groups is 2. The lowest BCUT2D eigenvalue weighted by Crippen LogP contribution is -2.51. The minimum absolute atomic E-state index is 0.215. The highest BCUT2D eigenvalue weighted by Gasteiger charge is 2.34. The van der Waals surface area contributed by atoms with Crippen LogP contribution in [0.15, 0.2) is 0 Å². The normalized spacial score (nSPS) is 22.9. The van der Waals surface area contributed by atoms with Crippen LogP contribution in [-0.4, -0.2) is 36.2 Å². The number of carboxylic acid groups (broad SMARTS) is 1. The van der Waals surface area contributed by atoms with Crippen LogP contribution in [0.25, 0.3) is 0 Å². The van der Waals surface area contributed by atoms with Crippen LogP contribution in [0.1, 0.15) is 33.6 Å². The van der Waals surface area contributed by atoms with Gasteiger partial charge in [0.25, 0.3) is 0 Å². The van der Waals surface area contributed by atoms with E-state index in [2.05, 4.69) is 5.32 Å². The molecule has 17 heavy (non-hydrogen) atoms. The molecule has 1 fully saturated rings. The van der Waals surface area contributed by atoms with Crippen LogP contribution in [0.3, 0.4) is 0 Å². The fourth-order valence-corrected chi connectivity index (χ4v) is 1.86. The quantitative estimate of drug-likeness (QED) is 0.776. The fraction of sp³-hybridized carbons (Fsp3) is 0.833. The summed E-state index contributed by atoms with van der Waals surface area (Å²) in [7, 11) is 0. The first-order chi connectivity index (χ1) is 7.82. The molecule has 1 amide bonds. The zero-order chi connectivity index (χ0) is 13.1. The van der Waals surface area contributed by atoms with Gasteiger partial charge < -0.3 is 15.2 Å². The summed E-state index contributed by atoms with van der Waals surface area (Å²) in [5.41, 5.74) is -0.503. The standard InChI is InChI=1S/C12H21NO4/c1-12(2,3)9(11(15)16)13-10(14)8-5-4-6-17-7-8/h8-9H,4-7H2,1-3H3,(H,13,14)(H,15,16)/t8?,9-/m1/s1. The van der Waals surface area contributed by atoms with Gasteiger partial charge in [0.05, 0.1) is 12.5 Å². The van der Waals surface area contributed by atoms with Crippen molar-refractivity contribution < 1.29 is 19.4 Å². The molecule has 98 valence electrons. The number of carbonyl (C=O) groups excluding carboxylic acids is 1. The average Bonchev–Trinajstić information content (AvgIpc) is 2.24. The predicted molar refractivity (Wildman–Crippen MR) is 62.6 cm³/mol. The van der Waals surface area contributed by atoms with Gasteiger partial charge in [0.15, 0.2) is 0 Å². The Morgan fingerprint density at radius 2 is 2.06 bits per heavy atom. The molecule has 5 nitrogen and oxygen atoms in total. The zero-order valence-electron chi connectivity index (χ0n) is 10.7. The summed E-state index contributed by atoms with van der Waals surface area (Å²) in [6.45, 7) is 6.46. The van der Waals surface area contributed by atoms with Crippen molar-refractivity contribution >= 4 is 11.9 Å². The van der Waals surface area contributed by atoms with E-state index in [0.29, 0.717) is 13.2 Å². The van der Waals surface area contributed by atoms with Crippen molar-refractivity contribution in [3.63, 3.8) is 0 Å². The molecule has 0 aromatic heterocycles. The summed E-state index contributed by atoms with van der Waals surface area (Å²) in [4.78, 5) is 23.0. The molecule has 0 radical (unpaired) electrons. The van der Waals surface area contributed by atoms with E-state index in [9.17, 15) is 9.59 Å². The van der Waals surface area contributed by atoms with Crippen LogP contribution in [-0.2, 0) is 14.3 Å². The lowest BCUT2D eigenvalue weighted by atomic mass is 9.86. The molecule has 2 atom stereocenters. The van der Waals surface area contributed by atoms with E-state index in [1.54, 1.807) is 20.8 Å². The van der Waals surface area contributed by atoms with Gasteiger partial charge in [-0.15, -0.1) is 0 Å². The van der Waals surface area contributed by atoms with Gasteiger partial charge in [0.2, 0.25) is 5.91 Å². The maximum atomic E-state index is 11.9. The Morgan fingerprint density at radius 3 is 2.47 bits per heavy atom. The second-order valence-electron chi connectivity index (χ2n) is 5.56. The van der Waals surface area contributed by atoms with E-state index in [1.807, 2.05) is 0 Å². The third-order valence-corrected chi connectivity index (χ3v) is 2.93. The molecular formula is C12H21NO4. The Labute approximate surface area is 102 Å². The summed E-state index contributed by atoms with van der Waals surface area (Å²) in [5.74, 6) is -1.43. The number of carboxylic acids is 1. The summed E-state index contributed by atoms with van der Waals surface area (Å²) < 4.78 is 5.22. The third kappa shape index (κ3) is 4.00. The summed E-state index contributed by atoms with van der Waals surface area (Å²) in [6, 6.07) is -0.864. The maximum absolute atomic E-state index is 11.9. The van der Waals surface area contributed by atoms with E-state index >= 15 is 0 Å². The number of amides is 1. The third-order valence-electron chi connectivity index (χ3n) is 2.93. The molecule has 5 heteroatoms. The van der Waals surface area contributed by atoms with Gasteiger partial charge in [0, 0.05) is 6.61 Å². The monoisotopic (exact) mass is 243 g/mol. The van der Waals surface area contributed by atoms with Crippen molar-refractivity contribution in [3.8, 4) is 0 Å². The minimum atomic E-state index is -0.998. The van der Waals surface area contributed by atoms with Crippen LogP contribution in [0.5, 0.6) is 0 Å².